The molecule has 2 atom stereocenters. The first-order chi connectivity index (χ1) is 7.17. The molecule has 0 aromatic carbocycles. The number of ether oxygens (including phenoxy) is 1. The van der Waals surface area contributed by atoms with Crippen LogP contribution in [0.3, 0.4) is 0 Å². The first kappa shape index (κ1) is 12.2. The fraction of sp³-hybridized carbons (Fsp3) is 0.727. The SMILES string of the molecule is CNC(Cc1nccn1C)CC(C)OC. The largest absolute Gasteiger partial charge is 0.382 e. The van der Waals surface area contributed by atoms with Gasteiger partial charge in [0.15, 0.2) is 0 Å². The Morgan fingerprint density at radius 1 is 1.60 bits per heavy atom. The molecule has 4 nitrogen and oxygen atoms in total. The summed E-state index contributed by atoms with van der Waals surface area (Å²) in [5, 5.41) is 3.30. The summed E-state index contributed by atoms with van der Waals surface area (Å²) in [6.45, 7) is 2.09. The van der Waals surface area contributed by atoms with Gasteiger partial charge in [0.25, 0.3) is 0 Å². The molecule has 1 aromatic rings. The van der Waals surface area contributed by atoms with Crippen LogP contribution in [-0.4, -0.2) is 35.9 Å². The van der Waals surface area contributed by atoms with Crippen molar-refractivity contribution in [1.82, 2.24) is 14.9 Å². The molecule has 1 N–H and O–H groups in total. The van der Waals surface area contributed by atoms with Crippen LogP contribution in [0.1, 0.15) is 19.2 Å². The topological polar surface area (TPSA) is 39.1 Å². The van der Waals surface area contributed by atoms with E-state index < -0.39 is 0 Å². The van der Waals surface area contributed by atoms with Crippen molar-refractivity contribution in [2.75, 3.05) is 14.2 Å². The Morgan fingerprint density at radius 2 is 2.33 bits per heavy atom. The molecule has 0 aliphatic heterocycles. The first-order valence-electron chi connectivity index (χ1n) is 5.33. The van der Waals surface area contributed by atoms with Gasteiger partial charge in [-0.25, -0.2) is 4.98 Å². The van der Waals surface area contributed by atoms with Gasteiger partial charge in [-0.05, 0) is 20.4 Å². The third kappa shape index (κ3) is 3.64. The van der Waals surface area contributed by atoms with E-state index in [0.29, 0.717) is 6.04 Å². The van der Waals surface area contributed by atoms with Crippen molar-refractivity contribution in [3.63, 3.8) is 0 Å². The molecule has 2 unspecified atom stereocenters. The van der Waals surface area contributed by atoms with Crippen LogP contribution in [0.25, 0.3) is 0 Å². The average molecular weight is 211 g/mol. The van der Waals surface area contributed by atoms with Crippen LogP contribution in [0.15, 0.2) is 12.4 Å². The number of methoxy groups -OCH3 is 1. The van der Waals surface area contributed by atoms with Crippen molar-refractivity contribution in [2.45, 2.75) is 31.9 Å². The van der Waals surface area contributed by atoms with Crippen molar-refractivity contribution < 1.29 is 4.74 Å². The molecule has 0 saturated carbocycles. The summed E-state index contributed by atoms with van der Waals surface area (Å²) < 4.78 is 7.32. The molecule has 1 rings (SSSR count). The Morgan fingerprint density at radius 3 is 2.80 bits per heavy atom. The van der Waals surface area contributed by atoms with Crippen molar-refractivity contribution in [2.24, 2.45) is 7.05 Å². The zero-order valence-electron chi connectivity index (χ0n) is 10.0. The molecule has 0 bridgehead atoms. The summed E-state index contributed by atoms with van der Waals surface area (Å²) in [4.78, 5) is 4.32. The van der Waals surface area contributed by atoms with Crippen LogP contribution < -0.4 is 5.32 Å². The monoisotopic (exact) mass is 211 g/mol. The number of hydrogen-bond acceptors (Lipinski definition) is 3. The molecule has 0 aliphatic carbocycles. The average Bonchev–Trinajstić information content (AvgIpc) is 2.63. The Balaban J connectivity index is 2.50. The van der Waals surface area contributed by atoms with E-state index in [-0.39, 0.29) is 6.10 Å². The van der Waals surface area contributed by atoms with Gasteiger partial charge in [0.2, 0.25) is 0 Å². The van der Waals surface area contributed by atoms with E-state index in [1.165, 1.54) is 0 Å². The van der Waals surface area contributed by atoms with E-state index in [1.54, 1.807) is 7.11 Å². The van der Waals surface area contributed by atoms with Crippen LogP contribution in [0.5, 0.6) is 0 Å². The number of aromatic nitrogens is 2. The second kappa shape index (κ2) is 5.88. The molecule has 0 aliphatic rings. The van der Waals surface area contributed by atoms with Gasteiger partial charge in [0.05, 0.1) is 6.10 Å². The normalized spacial score (nSPS) is 15.2. The fourth-order valence-corrected chi connectivity index (χ4v) is 1.61. The number of nitrogens with one attached hydrogen (secondary N) is 1. The van der Waals surface area contributed by atoms with Crippen molar-refractivity contribution >= 4 is 0 Å². The minimum Gasteiger partial charge on any atom is -0.382 e. The Kier molecular flexibility index (Phi) is 4.78. The van der Waals surface area contributed by atoms with Crippen LogP contribution in [0, 0.1) is 0 Å². The second-order valence-electron chi connectivity index (χ2n) is 3.93. The number of rotatable bonds is 6. The van der Waals surface area contributed by atoms with Crippen molar-refractivity contribution in [1.29, 1.82) is 0 Å². The summed E-state index contributed by atoms with van der Waals surface area (Å²) in [5.41, 5.74) is 0. The predicted molar refractivity (Wildman–Crippen MR) is 60.8 cm³/mol. The van der Waals surface area contributed by atoms with Gasteiger partial charge in [-0.15, -0.1) is 0 Å². The van der Waals surface area contributed by atoms with Crippen LogP contribution >= 0.6 is 0 Å². The third-order valence-corrected chi connectivity index (χ3v) is 2.78. The lowest BCUT2D eigenvalue weighted by atomic mass is 10.1. The lowest BCUT2D eigenvalue weighted by Crippen LogP contribution is -2.32. The van der Waals surface area contributed by atoms with Gasteiger partial charge in [-0.2, -0.15) is 0 Å². The highest BCUT2D eigenvalue weighted by molar-refractivity contribution is 4.94. The highest BCUT2D eigenvalue weighted by Gasteiger charge is 2.13. The van der Waals surface area contributed by atoms with Crippen molar-refractivity contribution in [3.05, 3.63) is 18.2 Å². The van der Waals surface area contributed by atoms with E-state index in [2.05, 4.69) is 21.8 Å². The van der Waals surface area contributed by atoms with Gasteiger partial charge in [0.1, 0.15) is 5.82 Å². The first-order valence-corrected chi connectivity index (χ1v) is 5.33. The molecule has 1 aromatic heterocycles. The predicted octanol–water partition coefficient (Wildman–Crippen LogP) is 0.976. The minimum atomic E-state index is 0.280. The van der Waals surface area contributed by atoms with E-state index in [1.807, 2.05) is 26.5 Å². The van der Waals surface area contributed by atoms with Crippen LogP contribution in [0.2, 0.25) is 0 Å². The Labute approximate surface area is 91.7 Å². The summed E-state index contributed by atoms with van der Waals surface area (Å²) in [7, 11) is 5.75. The van der Waals surface area contributed by atoms with E-state index in [4.69, 9.17) is 4.74 Å². The van der Waals surface area contributed by atoms with E-state index in [9.17, 15) is 0 Å². The molecule has 0 amide bonds. The lowest BCUT2D eigenvalue weighted by Gasteiger charge is -2.19. The van der Waals surface area contributed by atoms with Gasteiger partial charge in [-0.3, -0.25) is 0 Å². The molecule has 1 heterocycles. The highest BCUT2D eigenvalue weighted by atomic mass is 16.5. The third-order valence-electron chi connectivity index (χ3n) is 2.78. The number of imidazole rings is 1. The number of likely N-dealkylation sites (N-methyl/N-ethyl adjacent to an activating group) is 1. The maximum Gasteiger partial charge on any atom is 0.109 e. The van der Waals surface area contributed by atoms with Gasteiger partial charge < -0.3 is 14.6 Å². The maximum absolute atomic E-state index is 5.26. The number of aryl methyl sites for hydroxylation is 1. The molecule has 0 fully saturated rings. The Bertz CT molecular complexity index is 285. The number of nitrogens with zero attached hydrogens (tertiary/aromatic N) is 2. The van der Waals surface area contributed by atoms with Gasteiger partial charge in [0, 0.05) is 39.0 Å². The van der Waals surface area contributed by atoms with Crippen LogP contribution in [0.4, 0.5) is 0 Å². The molecule has 0 spiro atoms. The Hall–Kier alpha value is -0.870. The fourth-order valence-electron chi connectivity index (χ4n) is 1.61. The number of hydrogen-bond donors (Lipinski definition) is 1. The molecular formula is C11H21N3O. The quantitative estimate of drug-likeness (QED) is 0.762. The van der Waals surface area contributed by atoms with Gasteiger partial charge in [-0.1, -0.05) is 0 Å². The standard InChI is InChI=1S/C11H21N3O/c1-9(15-4)7-10(12-2)8-11-13-5-6-14(11)3/h5-6,9-10,12H,7-8H2,1-4H3. The summed E-state index contributed by atoms with van der Waals surface area (Å²) in [5.74, 6) is 1.11. The van der Waals surface area contributed by atoms with Crippen molar-refractivity contribution in [3.8, 4) is 0 Å². The lowest BCUT2D eigenvalue weighted by molar-refractivity contribution is 0.101. The van der Waals surface area contributed by atoms with E-state index in [0.717, 1.165) is 18.7 Å². The van der Waals surface area contributed by atoms with E-state index >= 15 is 0 Å². The zero-order chi connectivity index (χ0) is 11.3. The zero-order valence-corrected chi connectivity index (χ0v) is 10.0. The smallest absolute Gasteiger partial charge is 0.109 e. The molecule has 15 heavy (non-hydrogen) atoms. The molecule has 4 heteroatoms. The second-order valence-corrected chi connectivity index (χ2v) is 3.93. The minimum absolute atomic E-state index is 0.280. The summed E-state index contributed by atoms with van der Waals surface area (Å²) >= 11 is 0. The van der Waals surface area contributed by atoms with Gasteiger partial charge >= 0.3 is 0 Å². The van der Waals surface area contributed by atoms with Crippen LogP contribution in [-0.2, 0) is 18.2 Å². The molecule has 0 radical (unpaired) electrons. The highest BCUT2D eigenvalue weighted by Crippen LogP contribution is 2.07. The summed E-state index contributed by atoms with van der Waals surface area (Å²) in [6.07, 6.45) is 6.03. The maximum atomic E-state index is 5.26. The molecule has 0 saturated heterocycles. The molecule has 86 valence electrons. The summed E-state index contributed by atoms with van der Waals surface area (Å²) in [6, 6.07) is 0.418. The molecular weight excluding hydrogens is 190 g/mol.